The van der Waals surface area contributed by atoms with E-state index in [0.29, 0.717) is 29.7 Å². The van der Waals surface area contributed by atoms with E-state index in [-0.39, 0.29) is 17.9 Å². The van der Waals surface area contributed by atoms with Crippen LogP contribution in [-0.4, -0.2) is 49.9 Å². The maximum atomic E-state index is 12.8. The minimum atomic E-state index is -0.466. The van der Waals surface area contributed by atoms with Crippen LogP contribution >= 0.6 is 11.6 Å². The first kappa shape index (κ1) is 22.0. The van der Waals surface area contributed by atoms with Crippen molar-refractivity contribution >= 4 is 29.0 Å². The fourth-order valence-electron chi connectivity index (χ4n) is 4.10. The van der Waals surface area contributed by atoms with E-state index >= 15 is 0 Å². The molecule has 2 aromatic rings. The van der Waals surface area contributed by atoms with Crippen molar-refractivity contribution < 1.29 is 13.9 Å². The van der Waals surface area contributed by atoms with Crippen LogP contribution in [0.5, 0.6) is 0 Å². The van der Waals surface area contributed by atoms with Crippen LogP contribution < -0.4 is 16.0 Å². The second-order valence-corrected chi connectivity index (χ2v) is 8.66. The van der Waals surface area contributed by atoms with Crippen molar-refractivity contribution in [2.75, 3.05) is 43.6 Å². The van der Waals surface area contributed by atoms with E-state index in [1.807, 2.05) is 18.2 Å². The Kier molecular flexibility index (Phi) is 7.37. The number of hydrogen-bond acceptors (Lipinski definition) is 5. The number of hydrogen-bond donors (Lipinski definition) is 3. The Morgan fingerprint density at radius 2 is 2.13 bits per heavy atom. The van der Waals surface area contributed by atoms with E-state index in [9.17, 15) is 9.18 Å². The topological polar surface area (TPSA) is 75.3 Å². The molecular weight excluding hydrogens is 419 g/mol. The van der Waals surface area contributed by atoms with Gasteiger partial charge in [0.05, 0.1) is 10.9 Å². The predicted octanol–water partition coefficient (Wildman–Crippen LogP) is 4.13. The minimum Gasteiger partial charge on any atom is -0.385 e. The number of halogens is 2. The molecule has 31 heavy (non-hydrogen) atoms. The number of benzene rings is 1. The Bertz CT molecular complexity index is 907. The molecule has 0 aliphatic carbocycles. The van der Waals surface area contributed by atoms with Gasteiger partial charge < -0.3 is 20.7 Å². The highest BCUT2D eigenvalue weighted by molar-refractivity contribution is 6.33. The van der Waals surface area contributed by atoms with Crippen molar-refractivity contribution in [3.63, 3.8) is 0 Å². The Hall–Kier alpha value is -2.22. The molecule has 3 heterocycles. The van der Waals surface area contributed by atoms with Gasteiger partial charge in [0, 0.05) is 49.8 Å². The quantitative estimate of drug-likeness (QED) is 0.596. The maximum Gasteiger partial charge on any atom is 0.229 e. The molecule has 1 amide bonds. The summed E-state index contributed by atoms with van der Waals surface area (Å²) in [5.74, 6) is 0.634. The summed E-state index contributed by atoms with van der Waals surface area (Å²) in [5.41, 5.74) is 2.77. The number of nitrogens with zero attached hydrogens (tertiary/aromatic N) is 1. The summed E-state index contributed by atoms with van der Waals surface area (Å²) in [6, 6.07) is 9.60. The van der Waals surface area contributed by atoms with Crippen LogP contribution in [0.1, 0.15) is 19.3 Å². The average molecular weight is 447 g/mol. The summed E-state index contributed by atoms with van der Waals surface area (Å²) in [6.45, 7) is 2.58. The highest BCUT2D eigenvalue weighted by Crippen LogP contribution is 2.31. The number of carbonyl (C=O) groups excluding carboxylic acids is 1. The highest BCUT2D eigenvalue weighted by atomic mass is 35.5. The Morgan fingerprint density at radius 1 is 1.29 bits per heavy atom. The first-order valence-corrected chi connectivity index (χ1v) is 11.2. The molecule has 1 aromatic heterocycles. The third-order valence-electron chi connectivity index (χ3n) is 5.99. The summed E-state index contributed by atoms with van der Waals surface area (Å²) in [4.78, 5) is 16.8. The first-order valence-electron chi connectivity index (χ1n) is 10.8. The molecule has 8 heteroatoms. The summed E-state index contributed by atoms with van der Waals surface area (Å²) in [7, 11) is 0. The minimum absolute atomic E-state index is 0.156. The summed E-state index contributed by atoms with van der Waals surface area (Å²) < 4.78 is 18.2. The lowest BCUT2D eigenvalue weighted by Gasteiger charge is -2.22. The Balaban J connectivity index is 1.43. The Labute approximate surface area is 186 Å². The van der Waals surface area contributed by atoms with Crippen molar-refractivity contribution in [1.29, 1.82) is 0 Å². The van der Waals surface area contributed by atoms with E-state index in [1.54, 1.807) is 12.3 Å². The molecule has 6 nitrogen and oxygen atoms in total. The van der Waals surface area contributed by atoms with Crippen molar-refractivity contribution in [2.45, 2.75) is 25.3 Å². The molecule has 0 radical (unpaired) electrons. The number of carbonyl (C=O) groups is 1. The molecule has 2 atom stereocenters. The van der Waals surface area contributed by atoms with Crippen LogP contribution in [0, 0.1) is 11.8 Å². The summed E-state index contributed by atoms with van der Waals surface area (Å²) in [6.07, 6.45) is 4.19. The molecule has 2 fully saturated rings. The number of anilines is 2. The van der Waals surface area contributed by atoms with E-state index in [0.717, 1.165) is 49.4 Å². The third kappa shape index (κ3) is 5.73. The molecule has 0 spiro atoms. The smallest absolute Gasteiger partial charge is 0.229 e. The van der Waals surface area contributed by atoms with Gasteiger partial charge >= 0.3 is 0 Å². The fourth-order valence-corrected chi connectivity index (χ4v) is 4.31. The number of rotatable bonds is 7. The predicted molar refractivity (Wildman–Crippen MR) is 121 cm³/mol. The molecule has 0 unspecified atom stereocenters. The molecule has 0 bridgehead atoms. The van der Waals surface area contributed by atoms with Gasteiger partial charge in [-0.15, -0.1) is 0 Å². The second-order valence-electron chi connectivity index (χ2n) is 8.25. The molecule has 2 saturated heterocycles. The Morgan fingerprint density at radius 3 is 2.90 bits per heavy atom. The molecule has 0 saturated carbocycles. The molecular formula is C23H28ClFN4O2. The standard InChI is InChI=1S/C23H28ClFN4O2/c24-21-14-28-22(29-23(30)17-9-19(11-25)27-13-17)10-20(21)16-2-1-3-18(8-16)26-12-15-4-6-31-7-5-15/h1-3,8,10,14-15,17,19,26-27H,4-7,9,11-13H2,(H,28,29,30)/t17-,19-/m1/s1. The zero-order chi connectivity index (χ0) is 21.6. The number of alkyl halides is 1. The number of amides is 1. The van der Waals surface area contributed by atoms with Gasteiger partial charge in [-0.25, -0.2) is 9.37 Å². The molecule has 2 aliphatic heterocycles. The van der Waals surface area contributed by atoms with E-state index in [4.69, 9.17) is 16.3 Å². The SMILES string of the molecule is O=C(Nc1cc(-c2cccc(NCC3CCOCC3)c2)c(Cl)cn1)[C@H]1CN[C@@H](CF)C1. The van der Waals surface area contributed by atoms with Gasteiger partial charge in [-0.1, -0.05) is 23.7 Å². The summed E-state index contributed by atoms with van der Waals surface area (Å²) in [5, 5.41) is 9.90. The lowest BCUT2D eigenvalue weighted by atomic mass is 10.00. The van der Waals surface area contributed by atoms with Crippen molar-refractivity contribution in [3.05, 3.63) is 41.6 Å². The van der Waals surface area contributed by atoms with Gasteiger partial charge in [-0.2, -0.15) is 0 Å². The maximum absolute atomic E-state index is 12.8. The zero-order valence-electron chi connectivity index (χ0n) is 17.4. The molecule has 1 aromatic carbocycles. The molecule has 2 aliphatic rings. The number of ether oxygens (including phenoxy) is 1. The van der Waals surface area contributed by atoms with Gasteiger partial charge in [0.2, 0.25) is 5.91 Å². The fraction of sp³-hybridized carbons (Fsp3) is 0.478. The van der Waals surface area contributed by atoms with Crippen LogP contribution in [0.25, 0.3) is 11.1 Å². The van der Waals surface area contributed by atoms with Crippen molar-refractivity contribution in [1.82, 2.24) is 10.3 Å². The number of nitrogens with one attached hydrogen (secondary N) is 3. The lowest BCUT2D eigenvalue weighted by Crippen LogP contribution is -2.25. The number of aromatic nitrogens is 1. The van der Waals surface area contributed by atoms with Gasteiger partial charge in [0.15, 0.2) is 0 Å². The summed E-state index contributed by atoms with van der Waals surface area (Å²) >= 11 is 6.42. The van der Waals surface area contributed by atoms with Crippen LogP contribution in [-0.2, 0) is 9.53 Å². The second kappa shape index (κ2) is 10.4. The van der Waals surface area contributed by atoms with Crippen molar-refractivity contribution in [2.24, 2.45) is 11.8 Å². The molecule has 166 valence electrons. The van der Waals surface area contributed by atoms with Crippen LogP contribution in [0.3, 0.4) is 0 Å². The lowest BCUT2D eigenvalue weighted by molar-refractivity contribution is -0.119. The third-order valence-corrected chi connectivity index (χ3v) is 6.30. The first-order chi connectivity index (χ1) is 15.1. The van der Waals surface area contributed by atoms with Gasteiger partial charge in [-0.3, -0.25) is 4.79 Å². The van der Waals surface area contributed by atoms with Gasteiger partial charge in [0.25, 0.3) is 0 Å². The van der Waals surface area contributed by atoms with Crippen LogP contribution in [0.2, 0.25) is 5.02 Å². The zero-order valence-corrected chi connectivity index (χ0v) is 18.1. The normalized spacial score (nSPS) is 21.7. The van der Waals surface area contributed by atoms with E-state index in [2.05, 4.69) is 27.0 Å². The van der Waals surface area contributed by atoms with Crippen LogP contribution in [0.15, 0.2) is 36.5 Å². The highest BCUT2D eigenvalue weighted by Gasteiger charge is 2.29. The van der Waals surface area contributed by atoms with E-state index < -0.39 is 6.67 Å². The van der Waals surface area contributed by atoms with Crippen molar-refractivity contribution in [3.8, 4) is 11.1 Å². The molecule has 4 rings (SSSR count). The van der Waals surface area contributed by atoms with Gasteiger partial charge in [0.1, 0.15) is 12.5 Å². The van der Waals surface area contributed by atoms with Gasteiger partial charge in [-0.05, 0) is 48.9 Å². The average Bonchev–Trinajstić information content (AvgIpc) is 3.29. The molecule has 3 N–H and O–H groups in total. The van der Waals surface area contributed by atoms with E-state index in [1.165, 1.54) is 0 Å². The number of pyridine rings is 1. The largest absolute Gasteiger partial charge is 0.385 e. The van der Waals surface area contributed by atoms with Crippen LogP contribution in [0.4, 0.5) is 15.9 Å². The monoisotopic (exact) mass is 446 g/mol.